The molecule has 6 heteroatoms. The van der Waals surface area contributed by atoms with E-state index in [9.17, 15) is 9.59 Å². The summed E-state index contributed by atoms with van der Waals surface area (Å²) in [6.07, 6.45) is 4.38. The second kappa shape index (κ2) is 7.56. The number of amides is 1. The van der Waals surface area contributed by atoms with Gasteiger partial charge in [-0.1, -0.05) is 6.92 Å². The van der Waals surface area contributed by atoms with Crippen molar-refractivity contribution in [3.8, 4) is 0 Å². The molecule has 1 heterocycles. The van der Waals surface area contributed by atoms with Crippen molar-refractivity contribution in [3.63, 3.8) is 0 Å². The highest BCUT2D eigenvalue weighted by atomic mass is 16.4. The minimum absolute atomic E-state index is 0.0451. The molecule has 2 N–H and O–H groups in total. The van der Waals surface area contributed by atoms with Crippen molar-refractivity contribution >= 4 is 11.9 Å². The zero-order chi connectivity index (χ0) is 14.3. The van der Waals surface area contributed by atoms with E-state index in [4.69, 9.17) is 5.11 Å². The highest BCUT2D eigenvalue weighted by Gasteiger charge is 2.08. The van der Waals surface area contributed by atoms with E-state index in [1.165, 1.54) is 0 Å². The molecule has 0 aliphatic carbocycles. The van der Waals surface area contributed by atoms with Crippen LogP contribution in [0.2, 0.25) is 0 Å². The van der Waals surface area contributed by atoms with Crippen LogP contribution in [0.25, 0.3) is 0 Å². The van der Waals surface area contributed by atoms with E-state index in [-0.39, 0.29) is 12.3 Å². The number of hydrogen-bond acceptors (Lipinski definition) is 3. The number of aliphatic carboxylic acids is 1. The van der Waals surface area contributed by atoms with Crippen molar-refractivity contribution in [3.05, 3.63) is 17.5 Å². The van der Waals surface area contributed by atoms with Crippen LogP contribution in [0.5, 0.6) is 0 Å². The highest BCUT2D eigenvalue weighted by molar-refractivity contribution is 5.75. The van der Waals surface area contributed by atoms with Gasteiger partial charge in [0.25, 0.3) is 0 Å². The zero-order valence-corrected chi connectivity index (χ0v) is 11.5. The van der Waals surface area contributed by atoms with E-state index in [1.807, 2.05) is 20.2 Å². The van der Waals surface area contributed by atoms with Gasteiger partial charge in [0, 0.05) is 38.2 Å². The van der Waals surface area contributed by atoms with Crippen LogP contribution in [0.3, 0.4) is 0 Å². The molecular weight excluding hydrogens is 246 g/mol. The lowest BCUT2D eigenvalue weighted by atomic mass is 10.2. The van der Waals surface area contributed by atoms with Crippen LogP contribution >= 0.6 is 0 Å². The zero-order valence-electron chi connectivity index (χ0n) is 11.5. The van der Waals surface area contributed by atoms with Gasteiger partial charge in [-0.05, 0) is 19.3 Å². The Morgan fingerprint density at radius 3 is 2.68 bits per heavy atom. The first kappa shape index (κ1) is 15.2. The van der Waals surface area contributed by atoms with Gasteiger partial charge in [-0.2, -0.15) is 5.10 Å². The normalized spacial score (nSPS) is 10.4. The van der Waals surface area contributed by atoms with Crippen molar-refractivity contribution in [1.29, 1.82) is 0 Å². The highest BCUT2D eigenvalue weighted by Crippen LogP contribution is 2.07. The van der Waals surface area contributed by atoms with Gasteiger partial charge in [0.2, 0.25) is 5.91 Å². The van der Waals surface area contributed by atoms with Gasteiger partial charge >= 0.3 is 5.97 Å². The molecule has 19 heavy (non-hydrogen) atoms. The smallest absolute Gasteiger partial charge is 0.303 e. The lowest BCUT2D eigenvalue weighted by Gasteiger charge is -2.04. The maximum absolute atomic E-state index is 11.6. The van der Waals surface area contributed by atoms with E-state index >= 15 is 0 Å². The van der Waals surface area contributed by atoms with Gasteiger partial charge in [-0.15, -0.1) is 0 Å². The molecule has 0 spiro atoms. The molecule has 1 amide bonds. The lowest BCUT2D eigenvalue weighted by Crippen LogP contribution is -2.22. The van der Waals surface area contributed by atoms with Gasteiger partial charge in [0.1, 0.15) is 0 Å². The van der Waals surface area contributed by atoms with Crippen LogP contribution in [0.15, 0.2) is 6.20 Å². The number of rotatable bonds is 8. The average molecular weight is 267 g/mol. The topological polar surface area (TPSA) is 84.2 Å². The fraction of sp³-hybridized carbons (Fsp3) is 0.615. The second-order valence-corrected chi connectivity index (χ2v) is 4.51. The van der Waals surface area contributed by atoms with E-state index in [0.29, 0.717) is 25.8 Å². The van der Waals surface area contributed by atoms with Crippen molar-refractivity contribution in [2.45, 2.75) is 45.6 Å². The molecule has 1 aromatic heterocycles. The fourth-order valence-corrected chi connectivity index (χ4v) is 1.87. The molecule has 0 bridgehead atoms. The third kappa shape index (κ3) is 5.54. The Labute approximate surface area is 112 Å². The third-order valence-electron chi connectivity index (χ3n) is 2.85. The number of aryl methyl sites for hydroxylation is 2. The Bertz CT molecular complexity index is 440. The molecule has 1 aromatic rings. The number of unbranched alkanes of at least 4 members (excludes halogenated alkanes) is 1. The fourth-order valence-electron chi connectivity index (χ4n) is 1.87. The number of hydrogen-bond donors (Lipinski definition) is 2. The van der Waals surface area contributed by atoms with Crippen LogP contribution in [-0.2, 0) is 29.6 Å². The summed E-state index contributed by atoms with van der Waals surface area (Å²) in [5.41, 5.74) is 2.03. The Morgan fingerprint density at radius 1 is 1.37 bits per heavy atom. The first-order valence-corrected chi connectivity index (χ1v) is 6.52. The summed E-state index contributed by atoms with van der Waals surface area (Å²) in [6.45, 7) is 2.51. The van der Waals surface area contributed by atoms with E-state index in [0.717, 1.165) is 17.7 Å². The monoisotopic (exact) mass is 267 g/mol. The lowest BCUT2D eigenvalue weighted by molar-refractivity contribution is -0.137. The predicted molar refractivity (Wildman–Crippen MR) is 70.5 cm³/mol. The van der Waals surface area contributed by atoms with Gasteiger partial charge < -0.3 is 10.4 Å². The van der Waals surface area contributed by atoms with Crippen molar-refractivity contribution in [2.75, 3.05) is 0 Å². The first-order valence-electron chi connectivity index (χ1n) is 6.52. The Balaban J connectivity index is 2.27. The first-order chi connectivity index (χ1) is 9.02. The second-order valence-electron chi connectivity index (χ2n) is 4.51. The standard InChI is InChI=1S/C13H21N3O3/c1-3-11-10(9-16(2)15-11)8-14-12(17)6-4-5-7-13(18)19/h9H,3-8H2,1-2H3,(H,14,17)(H,18,19). The molecule has 1 rings (SSSR count). The summed E-state index contributed by atoms with van der Waals surface area (Å²) < 4.78 is 1.74. The average Bonchev–Trinajstić information content (AvgIpc) is 2.72. The van der Waals surface area contributed by atoms with Gasteiger partial charge in [-0.3, -0.25) is 14.3 Å². The summed E-state index contributed by atoms with van der Waals surface area (Å²) in [7, 11) is 1.86. The summed E-state index contributed by atoms with van der Waals surface area (Å²) in [5, 5.41) is 15.6. The van der Waals surface area contributed by atoms with Gasteiger partial charge in [0.15, 0.2) is 0 Å². The summed E-state index contributed by atoms with van der Waals surface area (Å²) in [6, 6.07) is 0. The molecule has 0 radical (unpaired) electrons. The molecule has 0 saturated carbocycles. The third-order valence-corrected chi connectivity index (χ3v) is 2.85. The molecule has 6 nitrogen and oxygen atoms in total. The number of carbonyl (C=O) groups excluding carboxylic acids is 1. The van der Waals surface area contributed by atoms with Crippen LogP contribution in [0.4, 0.5) is 0 Å². The van der Waals surface area contributed by atoms with Crippen LogP contribution in [-0.4, -0.2) is 26.8 Å². The predicted octanol–water partition coefficient (Wildman–Crippen LogP) is 1.24. The largest absolute Gasteiger partial charge is 0.481 e. The minimum Gasteiger partial charge on any atom is -0.481 e. The van der Waals surface area contributed by atoms with Gasteiger partial charge in [0.05, 0.1) is 5.69 Å². The van der Waals surface area contributed by atoms with E-state index in [1.54, 1.807) is 4.68 Å². The Morgan fingerprint density at radius 2 is 2.05 bits per heavy atom. The van der Waals surface area contributed by atoms with Crippen molar-refractivity contribution in [1.82, 2.24) is 15.1 Å². The molecular formula is C13H21N3O3. The number of carbonyl (C=O) groups is 2. The molecule has 106 valence electrons. The van der Waals surface area contributed by atoms with E-state index < -0.39 is 5.97 Å². The van der Waals surface area contributed by atoms with Gasteiger partial charge in [-0.25, -0.2) is 0 Å². The Hall–Kier alpha value is -1.85. The van der Waals surface area contributed by atoms with Crippen LogP contribution in [0.1, 0.15) is 43.9 Å². The minimum atomic E-state index is -0.816. The SMILES string of the molecule is CCc1nn(C)cc1CNC(=O)CCCCC(=O)O. The molecule has 0 atom stereocenters. The number of nitrogens with zero attached hydrogens (tertiary/aromatic N) is 2. The number of nitrogens with one attached hydrogen (secondary N) is 1. The molecule has 0 aliphatic rings. The maximum atomic E-state index is 11.6. The quantitative estimate of drug-likeness (QED) is 0.694. The number of aromatic nitrogens is 2. The maximum Gasteiger partial charge on any atom is 0.303 e. The number of carboxylic acid groups (broad SMARTS) is 1. The van der Waals surface area contributed by atoms with E-state index in [2.05, 4.69) is 10.4 Å². The molecule has 0 saturated heterocycles. The summed E-state index contributed by atoms with van der Waals surface area (Å²) in [5.74, 6) is -0.861. The van der Waals surface area contributed by atoms with Crippen molar-refractivity contribution in [2.24, 2.45) is 7.05 Å². The summed E-state index contributed by atoms with van der Waals surface area (Å²) >= 11 is 0. The van der Waals surface area contributed by atoms with Crippen LogP contribution < -0.4 is 5.32 Å². The Kier molecular flexibility index (Phi) is 6.05. The molecule has 0 fully saturated rings. The summed E-state index contributed by atoms with van der Waals surface area (Å²) in [4.78, 5) is 21.9. The molecule has 0 aliphatic heterocycles. The van der Waals surface area contributed by atoms with Crippen molar-refractivity contribution < 1.29 is 14.7 Å². The molecule has 0 aromatic carbocycles. The number of carboxylic acids is 1. The van der Waals surface area contributed by atoms with Crippen LogP contribution in [0, 0.1) is 0 Å². The molecule has 0 unspecified atom stereocenters.